The van der Waals surface area contributed by atoms with Crippen LogP contribution in [0.25, 0.3) is 0 Å². The van der Waals surface area contributed by atoms with E-state index in [0.29, 0.717) is 15.1 Å². The zero-order chi connectivity index (χ0) is 8.55. The highest BCUT2D eigenvalue weighted by atomic mass is 32.2. The lowest BCUT2D eigenvalue weighted by molar-refractivity contribution is 0.658. The van der Waals surface area contributed by atoms with E-state index >= 15 is 0 Å². The van der Waals surface area contributed by atoms with Crippen molar-refractivity contribution in [3.63, 3.8) is 0 Å². The Morgan fingerprint density at radius 2 is 2.17 bits per heavy atom. The van der Waals surface area contributed by atoms with Gasteiger partial charge in [0.15, 0.2) is 0 Å². The largest absolute Gasteiger partial charge is 0.745 e. The van der Waals surface area contributed by atoms with Crippen molar-refractivity contribution in [2.45, 2.75) is 4.90 Å². The van der Waals surface area contributed by atoms with Crippen LogP contribution >= 0.6 is 0 Å². The zero-order valence-corrected chi connectivity index (χ0v) is 6.82. The molecule has 0 aromatic heterocycles. The van der Waals surface area contributed by atoms with Gasteiger partial charge in [0.2, 0.25) is 0 Å². The van der Waals surface area contributed by atoms with Gasteiger partial charge in [-0.15, -0.1) is 0 Å². The third kappa shape index (κ3) is 1.03. The summed E-state index contributed by atoms with van der Waals surface area (Å²) in [6.07, 6.45) is 1.03. The van der Waals surface area contributed by atoms with E-state index < -0.39 is 11.0 Å². The van der Waals surface area contributed by atoms with Crippen LogP contribution in [-0.4, -0.2) is 15.0 Å². The Kier molecular flexibility index (Phi) is 1.67. The molecular weight excluding hydrogens is 176 g/mol. The molecular formula is C7H5N2O2S-. The van der Waals surface area contributed by atoms with Crippen molar-refractivity contribution in [3.05, 3.63) is 29.5 Å². The molecule has 0 amide bonds. The monoisotopic (exact) mass is 181 g/mol. The fraction of sp³-hybridized carbons (Fsp3) is 0. The lowest BCUT2D eigenvalue weighted by Crippen LogP contribution is -2.19. The quantitative estimate of drug-likeness (QED) is 0.603. The predicted octanol–water partition coefficient (Wildman–Crippen LogP) is 1.18. The minimum Gasteiger partial charge on any atom is -0.745 e. The first-order valence-corrected chi connectivity index (χ1v) is 4.41. The number of rotatable bonds is 0. The van der Waals surface area contributed by atoms with Gasteiger partial charge in [-0.3, -0.25) is 0 Å². The molecule has 0 saturated carbocycles. The van der Waals surface area contributed by atoms with Crippen molar-refractivity contribution in [1.82, 2.24) is 4.47 Å². The van der Waals surface area contributed by atoms with E-state index in [9.17, 15) is 9.42 Å². The number of nitrogens with zero attached hydrogens (tertiary/aromatic N) is 2. The maximum Gasteiger partial charge on any atom is 0.145 e. The summed E-state index contributed by atoms with van der Waals surface area (Å²) in [5.74, 6) is 0. The van der Waals surface area contributed by atoms with Gasteiger partial charge in [0.1, 0.15) is 11.0 Å². The van der Waals surface area contributed by atoms with Gasteiger partial charge in [-0.1, -0.05) is 12.1 Å². The summed E-state index contributed by atoms with van der Waals surface area (Å²) in [6.45, 7) is 0. The standard InChI is InChI=1S/C7H5N2O2S/c10-9-5-8-6-3-1-2-4-7(6)12(9)11/h1-5H/q-1. The molecule has 1 aromatic rings. The van der Waals surface area contributed by atoms with Crippen molar-refractivity contribution in [1.29, 1.82) is 0 Å². The van der Waals surface area contributed by atoms with Gasteiger partial charge in [-0.25, -0.2) is 9.20 Å². The minimum absolute atomic E-state index is 0.336. The number of hydrogen-bond donors (Lipinski definition) is 0. The molecule has 1 aliphatic rings. The Morgan fingerprint density at radius 3 is 3.00 bits per heavy atom. The van der Waals surface area contributed by atoms with Crippen LogP contribution in [0.3, 0.4) is 0 Å². The molecule has 4 nitrogen and oxygen atoms in total. The third-order valence-electron chi connectivity index (χ3n) is 1.51. The van der Waals surface area contributed by atoms with Gasteiger partial charge in [-0.2, -0.15) is 0 Å². The molecule has 0 fully saturated rings. The van der Waals surface area contributed by atoms with E-state index in [4.69, 9.17) is 0 Å². The average Bonchev–Trinajstić information content (AvgIpc) is 2.12. The second-order valence-electron chi connectivity index (χ2n) is 2.25. The first-order chi connectivity index (χ1) is 5.79. The fourth-order valence-electron chi connectivity index (χ4n) is 0.961. The topological polar surface area (TPSA) is 55.7 Å². The Hall–Kier alpha value is -1.20. The molecule has 0 N–H and O–H groups in total. The van der Waals surface area contributed by atoms with Crippen LogP contribution < -0.4 is 0 Å². The van der Waals surface area contributed by atoms with E-state index in [1.165, 1.54) is 0 Å². The van der Waals surface area contributed by atoms with Gasteiger partial charge in [0, 0.05) is 0 Å². The molecule has 1 heterocycles. The molecule has 0 aliphatic carbocycles. The molecule has 0 spiro atoms. The Labute approximate surface area is 71.7 Å². The summed E-state index contributed by atoms with van der Waals surface area (Å²) in [5.41, 5.74) is 0.600. The second-order valence-corrected chi connectivity index (χ2v) is 3.54. The van der Waals surface area contributed by atoms with Crippen LogP contribution in [-0.2, 0) is 11.0 Å². The molecule has 1 aromatic carbocycles. The summed E-state index contributed by atoms with van der Waals surface area (Å²) >= 11 is 0. The Morgan fingerprint density at radius 1 is 1.42 bits per heavy atom. The Balaban J connectivity index is 2.59. The van der Waals surface area contributed by atoms with Crippen LogP contribution in [0.1, 0.15) is 0 Å². The van der Waals surface area contributed by atoms with Crippen molar-refractivity contribution in [2.24, 2.45) is 4.99 Å². The number of hydrogen-bond acceptors (Lipinski definition) is 3. The number of benzene rings is 1. The first kappa shape index (κ1) is 7.45. The van der Waals surface area contributed by atoms with Gasteiger partial charge in [0.25, 0.3) is 0 Å². The number of para-hydroxylation sites is 1. The summed E-state index contributed by atoms with van der Waals surface area (Å²) in [5, 5.41) is 10.8. The molecule has 12 heavy (non-hydrogen) atoms. The highest BCUT2D eigenvalue weighted by molar-refractivity contribution is 7.83. The maximum absolute atomic E-state index is 11.2. The molecule has 0 radical (unpaired) electrons. The molecule has 1 aliphatic heterocycles. The molecule has 1 unspecified atom stereocenters. The van der Waals surface area contributed by atoms with Crippen LogP contribution in [0, 0.1) is 5.21 Å². The summed E-state index contributed by atoms with van der Waals surface area (Å²) < 4.78 is 11.6. The van der Waals surface area contributed by atoms with Gasteiger partial charge < -0.3 is 9.68 Å². The third-order valence-corrected chi connectivity index (χ3v) is 2.65. The molecule has 0 saturated heterocycles. The van der Waals surface area contributed by atoms with Crippen molar-refractivity contribution < 1.29 is 4.21 Å². The van der Waals surface area contributed by atoms with E-state index in [1.54, 1.807) is 24.3 Å². The molecule has 5 heteroatoms. The molecule has 0 bridgehead atoms. The van der Waals surface area contributed by atoms with Gasteiger partial charge >= 0.3 is 0 Å². The highest BCUT2D eigenvalue weighted by Crippen LogP contribution is 2.26. The smallest absolute Gasteiger partial charge is 0.145 e. The minimum atomic E-state index is -1.63. The molecule has 1 atom stereocenters. The van der Waals surface area contributed by atoms with Crippen molar-refractivity contribution in [2.75, 3.05) is 0 Å². The lowest BCUT2D eigenvalue weighted by Gasteiger charge is -2.26. The number of aliphatic imine (C=N–C) groups is 1. The second kappa shape index (κ2) is 2.69. The maximum atomic E-state index is 11.2. The van der Waals surface area contributed by atoms with Crippen LogP contribution in [0.2, 0.25) is 0 Å². The van der Waals surface area contributed by atoms with Gasteiger partial charge in [0.05, 0.1) is 16.9 Å². The zero-order valence-electron chi connectivity index (χ0n) is 6.01. The fourth-order valence-corrected chi connectivity index (χ4v) is 1.78. The Bertz CT molecular complexity index is 364. The number of fused-ring (bicyclic) bond motifs is 1. The SMILES string of the molecule is O=S1c2ccccc2N=CN1[O-]. The summed E-state index contributed by atoms with van der Waals surface area (Å²) in [4.78, 5) is 4.29. The van der Waals surface area contributed by atoms with Gasteiger partial charge in [-0.05, 0) is 12.1 Å². The van der Waals surface area contributed by atoms with E-state index in [2.05, 4.69) is 4.99 Å². The summed E-state index contributed by atoms with van der Waals surface area (Å²) in [7, 11) is -1.63. The van der Waals surface area contributed by atoms with Crippen LogP contribution in [0.4, 0.5) is 5.69 Å². The molecule has 62 valence electrons. The number of hydroxylamine groups is 1. The normalized spacial score (nSPS) is 20.8. The van der Waals surface area contributed by atoms with E-state index in [0.717, 1.165) is 6.34 Å². The average molecular weight is 181 g/mol. The van der Waals surface area contributed by atoms with E-state index in [-0.39, 0.29) is 0 Å². The molecule has 2 rings (SSSR count). The first-order valence-electron chi connectivity index (χ1n) is 3.30. The van der Waals surface area contributed by atoms with E-state index in [1.807, 2.05) is 0 Å². The van der Waals surface area contributed by atoms with Crippen molar-refractivity contribution >= 4 is 23.0 Å². The predicted molar refractivity (Wildman–Crippen MR) is 46.2 cm³/mol. The van der Waals surface area contributed by atoms with Crippen LogP contribution in [0.15, 0.2) is 34.2 Å². The highest BCUT2D eigenvalue weighted by Gasteiger charge is 2.12. The van der Waals surface area contributed by atoms with Crippen molar-refractivity contribution in [3.8, 4) is 0 Å². The van der Waals surface area contributed by atoms with Crippen LogP contribution in [0.5, 0.6) is 0 Å². The lowest BCUT2D eigenvalue weighted by atomic mass is 10.3. The summed E-state index contributed by atoms with van der Waals surface area (Å²) in [6, 6.07) is 6.86.